The van der Waals surface area contributed by atoms with Crippen molar-refractivity contribution < 1.29 is 25.8 Å². The largest absolute Gasteiger partial charge is 0.521 e. The molecule has 0 spiro atoms. The third kappa shape index (κ3) is 196. The number of hydrogen-bond donors (Lipinski definition) is 0. The van der Waals surface area contributed by atoms with Crippen molar-refractivity contribution in [2.24, 2.45) is 0 Å². The Balaban J connectivity index is -0.0000000133. The number of hydrogen-bond acceptors (Lipinski definition) is 0. The average Bonchev–Trinajstić information content (AvgIpc) is 1.50. The summed E-state index contributed by atoms with van der Waals surface area (Å²) in [6, 6.07) is 0. The summed E-state index contributed by atoms with van der Waals surface area (Å²) in [5, 5.41) is 0. The molecule has 0 fully saturated rings. The summed E-state index contributed by atoms with van der Waals surface area (Å²) in [6.07, 6.45) is 0. The molecule has 1 heteroatoms. The molecule has 0 aliphatic rings. The van der Waals surface area contributed by atoms with Gasteiger partial charge in [-0.3, -0.25) is 13.2 Å². The van der Waals surface area contributed by atoms with Gasteiger partial charge in [0.25, 0.3) is 0 Å². The molecule has 0 aromatic carbocycles. The third-order valence-electron chi connectivity index (χ3n) is 0. The van der Waals surface area contributed by atoms with Gasteiger partial charge in [-0.15, -0.1) is 0 Å². The normalized spacial score (nSPS) is 1.60. The van der Waals surface area contributed by atoms with E-state index in [1.807, 2.05) is 0 Å². The van der Waals surface area contributed by atoms with Crippen molar-refractivity contribution >= 4 is 0 Å². The SMILES string of the molecule is [CH-]=C.[CH-]=C.[Hf]. The van der Waals surface area contributed by atoms with Crippen LogP contribution in [0.5, 0.6) is 0 Å². The smallest absolute Gasteiger partial charge is 0 e. The molecule has 0 unspecified atom stereocenters. The fourth-order valence-corrected chi connectivity index (χ4v) is 0. The van der Waals surface area contributed by atoms with E-state index in [2.05, 4.69) is 26.3 Å². The van der Waals surface area contributed by atoms with Crippen LogP contribution in [0, 0.1) is 13.2 Å². The first-order chi connectivity index (χ1) is 2.00. The molecule has 28 valence electrons. The number of rotatable bonds is 0. The minimum atomic E-state index is 0. The van der Waals surface area contributed by atoms with Gasteiger partial charge in [-0.1, -0.05) is 0 Å². The van der Waals surface area contributed by atoms with E-state index in [1.54, 1.807) is 0 Å². The molecule has 0 nitrogen and oxygen atoms in total. The quantitative estimate of drug-likeness (QED) is 0.435. The van der Waals surface area contributed by atoms with Gasteiger partial charge < -0.3 is 13.2 Å². The summed E-state index contributed by atoms with van der Waals surface area (Å²) in [4.78, 5) is 0. The Labute approximate surface area is 52.4 Å². The van der Waals surface area contributed by atoms with Gasteiger partial charge >= 0.3 is 0 Å². The first-order valence-corrected chi connectivity index (χ1v) is 0.816. The Morgan fingerprint density at radius 1 is 0.800 bits per heavy atom. The van der Waals surface area contributed by atoms with Crippen LogP contribution in [0.3, 0.4) is 0 Å². The van der Waals surface area contributed by atoms with Crippen LogP contribution in [-0.4, -0.2) is 0 Å². The van der Waals surface area contributed by atoms with E-state index < -0.39 is 0 Å². The molecule has 0 radical (unpaired) electrons. The van der Waals surface area contributed by atoms with E-state index in [9.17, 15) is 0 Å². The van der Waals surface area contributed by atoms with E-state index in [0.29, 0.717) is 0 Å². The van der Waals surface area contributed by atoms with Crippen molar-refractivity contribution in [2.75, 3.05) is 0 Å². The summed E-state index contributed by atoms with van der Waals surface area (Å²) in [5.41, 5.74) is 0. The van der Waals surface area contributed by atoms with E-state index in [1.165, 1.54) is 0 Å². The average molecular weight is 233 g/mol. The molecule has 0 aromatic rings. The van der Waals surface area contributed by atoms with Crippen LogP contribution < -0.4 is 0 Å². The van der Waals surface area contributed by atoms with Crippen molar-refractivity contribution in [3.8, 4) is 0 Å². The van der Waals surface area contributed by atoms with Gasteiger partial charge in [0.1, 0.15) is 0 Å². The van der Waals surface area contributed by atoms with Crippen LogP contribution >= 0.6 is 0 Å². The van der Waals surface area contributed by atoms with Crippen molar-refractivity contribution in [2.45, 2.75) is 0 Å². The predicted molar refractivity (Wildman–Crippen MR) is 19.9 cm³/mol. The molecule has 0 saturated heterocycles. The zero-order valence-electron chi connectivity index (χ0n) is 3.07. The standard InChI is InChI=1S/2C2H3.Hf/c2*1-2;/h2*1H,2H2;/q2*-1;. The Bertz CT molecular complexity index is 5.61. The zero-order valence-corrected chi connectivity index (χ0v) is 6.66. The molecule has 0 aliphatic carbocycles. The maximum absolute atomic E-state index is 4.25. The van der Waals surface area contributed by atoms with Crippen LogP contribution in [-0.2, 0) is 25.8 Å². The van der Waals surface area contributed by atoms with Crippen molar-refractivity contribution in [1.82, 2.24) is 0 Å². The fourth-order valence-electron chi connectivity index (χ4n) is 0. The summed E-state index contributed by atoms with van der Waals surface area (Å²) < 4.78 is 0. The van der Waals surface area contributed by atoms with Crippen LogP contribution in [0.1, 0.15) is 0 Å². The molecular weight excluding hydrogens is 227 g/mol. The van der Waals surface area contributed by atoms with Gasteiger partial charge in [-0.25, -0.2) is 0 Å². The third-order valence-corrected chi connectivity index (χ3v) is 0. The van der Waals surface area contributed by atoms with Crippen molar-refractivity contribution in [1.29, 1.82) is 0 Å². The first-order valence-electron chi connectivity index (χ1n) is 0.816. The van der Waals surface area contributed by atoms with E-state index in [4.69, 9.17) is 0 Å². The van der Waals surface area contributed by atoms with Crippen LogP contribution in [0.4, 0.5) is 0 Å². The predicted octanol–water partition coefficient (Wildman–Crippen LogP) is 1.21. The summed E-state index contributed by atoms with van der Waals surface area (Å²) in [5.74, 6) is 0. The molecule has 0 bridgehead atoms. The maximum Gasteiger partial charge on any atom is 0 e. The van der Waals surface area contributed by atoms with Crippen LogP contribution in [0.15, 0.2) is 13.2 Å². The Morgan fingerprint density at radius 2 is 0.800 bits per heavy atom. The molecule has 0 amide bonds. The minimum Gasteiger partial charge on any atom is -0.521 e. The second-order valence-corrected chi connectivity index (χ2v) is 0. The van der Waals surface area contributed by atoms with E-state index in [-0.39, 0.29) is 25.8 Å². The van der Waals surface area contributed by atoms with Crippen molar-refractivity contribution in [3.63, 3.8) is 0 Å². The molecule has 0 N–H and O–H groups in total. The topological polar surface area (TPSA) is 0 Å². The molecule has 5 heavy (non-hydrogen) atoms. The molecule has 0 aromatic heterocycles. The Kier molecular flexibility index (Phi) is 1460. The molecule has 0 saturated carbocycles. The molecule has 0 heterocycles. The summed E-state index contributed by atoms with van der Waals surface area (Å²) in [6.45, 7) is 14.0. The first kappa shape index (κ1) is 18.3. The summed E-state index contributed by atoms with van der Waals surface area (Å²) >= 11 is 0. The van der Waals surface area contributed by atoms with Crippen molar-refractivity contribution in [3.05, 3.63) is 26.3 Å². The van der Waals surface area contributed by atoms with Gasteiger partial charge in [0, 0.05) is 25.8 Å². The van der Waals surface area contributed by atoms with E-state index in [0.717, 1.165) is 0 Å². The van der Waals surface area contributed by atoms with Crippen LogP contribution in [0.25, 0.3) is 0 Å². The van der Waals surface area contributed by atoms with Gasteiger partial charge in [-0.05, 0) is 0 Å². The Morgan fingerprint density at radius 3 is 0.800 bits per heavy atom. The second-order valence-electron chi connectivity index (χ2n) is 0. The molecule has 0 aliphatic heterocycles. The molecule has 0 atom stereocenters. The van der Waals surface area contributed by atoms with Gasteiger partial charge in [0.05, 0.1) is 0 Å². The monoisotopic (exact) mass is 234 g/mol. The minimum absolute atomic E-state index is 0. The molecular formula is C4H6Hf-2. The zero-order chi connectivity index (χ0) is 4.00. The van der Waals surface area contributed by atoms with Gasteiger partial charge in [0.2, 0.25) is 0 Å². The summed E-state index contributed by atoms with van der Waals surface area (Å²) in [7, 11) is 0. The molecule has 0 rings (SSSR count). The van der Waals surface area contributed by atoms with Gasteiger partial charge in [0.15, 0.2) is 0 Å². The van der Waals surface area contributed by atoms with E-state index >= 15 is 0 Å². The van der Waals surface area contributed by atoms with Crippen LogP contribution in [0.2, 0.25) is 0 Å². The fraction of sp³-hybridized carbons (Fsp3) is 0. The maximum atomic E-state index is 4.25. The second kappa shape index (κ2) is 398. The Hall–Kier alpha value is 0.350. The van der Waals surface area contributed by atoms with Gasteiger partial charge in [-0.2, -0.15) is 0 Å².